The summed E-state index contributed by atoms with van der Waals surface area (Å²) in [5.41, 5.74) is 1.79. The Balaban J connectivity index is 1.73. The third kappa shape index (κ3) is 1.73. The lowest BCUT2D eigenvalue weighted by Gasteiger charge is -2.50. The monoisotopic (exact) mass is 363 g/mol. The molecule has 4 nitrogen and oxygen atoms in total. The van der Waals surface area contributed by atoms with Gasteiger partial charge in [-0.1, -0.05) is 42.5 Å². The van der Waals surface area contributed by atoms with Gasteiger partial charge < -0.3 is 9.64 Å². The molecule has 0 amide bonds. The van der Waals surface area contributed by atoms with E-state index in [9.17, 15) is 9.59 Å². The van der Waals surface area contributed by atoms with E-state index < -0.39 is 11.5 Å². The van der Waals surface area contributed by atoms with Crippen LogP contribution >= 0.6 is 11.3 Å². The molecule has 0 saturated carbocycles. The lowest BCUT2D eigenvalue weighted by molar-refractivity contribution is -0.146. The standard InChI is InChI=1S/C21H17NO3S/c1-25-20(24)16-9-10-22-18-12-26-11-17(18)21(16,22)19(23)15-8-4-6-13-5-2-3-7-14(13)15/h2-8,11-12,16H,9-10H2,1H3. The molecule has 2 unspecified atom stereocenters. The van der Waals surface area contributed by atoms with E-state index in [1.54, 1.807) is 11.3 Å². The quantitative estimate of drug-likeness (QED) is 0.521. The third-order valence-electron chi connectivity index (χ3n) is 5.78. The number of methoxy groups -OCH3 is 1. The van der Waals surface area contributed by atoms with Crippen LogP contribution in [0, 0.1) is 5.92 Å². The zero-order valence-corrected chi connectivity index (χ0v) is 15.1. The Labute approximate surface area is 155 Å². The van der Waals surface area contributed by atoms with Crippen LogP contribution in [0.2, 0.25) is 0 Å². The first-order chi connectivity index (χ1) is 12.7. The van der Waals surface area contributed by atoms with E-state index in [-0.39, 0.29) is 11.8 Å². The number of carbonyl (C=O) groups excluding carboxylic acids is 2. The number of nitrogens with zero attached hydrogens (tertiary/aromatic N) is 1. The smallest absolute Gasteiger partial charge is 0.311 e. The molecular formula is C21H17NO3S. The zero-order valence-electron chi connectivity index (χ0n) is 14.3. The van der Waals surface area contributed by atoms with Crippen LogP contribution in [0.1, 0.15) is 22.3 Å². The molecule has 5 heteroatoms. The predicted molar refractivity (Wildman–Crippen MR) is 102 cm³/mol. The van der Waals surface area contributed by atoms with Crippen LogP contribution in [0.5, 0.6) is 0 Å². The van der Waals surface area contributed by atoms with Crippen LogP contribution in [0.4, 0.5) is 5.69 Å². The fourth-order valence-electron chi connectivity index (χ4n) is 4.67. The van der Waals surface area contributed by atoms with Crippen LogP contribution < -0.4 is 4.90 Å². The van der Waals surface area contributed by atoms with Gasteiger partial charge in [-0.05, 0) is 22.6 Å². The fourth-order valence-corrected chi connectivity index (χ4v) is 5.56. The highest BCUT2D eigenvalue weighted by Gasteiger charge is 2.66. The van der Waals surface area contributed by atoms with Gasteiger partial charge >= 0.3 is 5.97 Å². The van der Waals surface area contributed by atoms with Crippen molar-refractivity contribution in [2.75, 3.05) is 18.6 Å². The lowest BCUT2D eigenvalue weighted by Crippen LogP contribution is -2.60. The van der Waals surface area contributed by atoms with Crippen molar-refractivity contribution in [2.45, 2.75) is 12.0 Å². The molecule has 1 fully saturated rings. The highest BCUT2D eigenvalue weighted by Crippen LogP contribution is 2.60. The number of hydrogen-bond donors (Lipinski definition) is 0. The van der Waals surface area contributed by atoms with Gasteiger partial charge in [0.15, 0.2) is 5.78 Å². The highest BCUT2D eigenvalue weighted by molar-refractivity contribution is 7.08. The van der Waals surface area contributed by atoms with E-state index in [1.807, 2.05) is 47.8 Å². The molecule has 3 aromatic rings. The van der Waals surface area contributed by atoms with Crippen LogP contribution in [0.25, 0.3) is 10.8 Å². The first-order valence-corrected chi connectivity index (χ1v) is 9.58. The summed E-state index contributed by atoms with van der Waals surface area (Å²) in [6.07, 6.45) is 0.628. The van der Waals surface area contributed by atoms with Crippen LogP contribution in [0.15, 0.2) is 53.2 Å². The molecular weight excluding hydrogens is 346 g/mol. The van der Waals surface area contributed by atoms with Gasteiger partial charge in [0.1, 0.15) is 5.54 Å². The Morgan fingerprint density at radius 2 is 1.96 bits per heavy atom. The molecule has 2 atom stereocenters. The molecule has 0 bridgehead atoms. The van der Waals surface area contributed by atoms with Crippen LogP contribution in [-0.4, -0.2) is 25.4 Å². The molecule has 2 aromatic carbocycles. The van der Waals surface area contributed by atoms with Gasteiger partial charge in [0.25, 0.3) is 0 Å². The average molecular weight is 363 g/mol. The number of esters is 1. The van der Waals surface area contributed by atoms with Crippen LogP contribution in [-0.2, 0) is 15.1 Å². The Morgan fingerprint density at radius 3 is 2.81 bits per heavy atom. The minimum atomic E-state index is -0.924. The van der Waals surface area contributed by atoms with Crippen molar-refractivity contribution in [1.82, 2.24) is 0 Å². The van der Waals surface area contributed by atoms with E-state index in [1.165, 1.54) is 7.11 Å². The molecule has 1 saturated heterocycles. The number of carbonyl (C=O) groups is 2. The summed E-state index contributed by atoms with van der Waals surface area (Å²) in [6.45, 7) is 0.694. The molecule has 0 radical (unpaired) electrons. The molecule has 2 aliphatic heterocycles. The van der Waals surface area contributed by atoms with E-state index in [2.05, 4.69) is 10.3 Å². The predicted octanol–water partition coefficient (Wildman–Crippen LogP) is 3.99. The number of Topliss-reactive ketones (excluding diaryl/α,β-unsaturated/α-hetero) is 1. The third-order valence-corrected chi connectivity index (χ3v) is 6.51. The molecule has 0 N–H and O–H groups in total. The number of benzene rings is 2. The van der Waals surface area contributed by atoms with E-state index in [0.29, 0.717) is 18.5 Å². The second-order valence-electron chi connectivity index (χ2n) is 6.81. The summed E-state index contributed by atoms with van der Waals surface area (Å²) >= 11 is 1.58. The summed E-state index contributed by atoms with van der Waals surface area (Å²) in [6, 6.07) is 13.7. The molecule has 1 aromatic heterocycles. The highest BCUT2D eigenvalue weighted by atomic mass is 32.1. The Hall–Kier alpha value is -2.66. The number of rotatable bonds is 3. The summed E-state index contributed by atoms with van der Waals surface area (Å²) in [7, 11) is 1.40. The van der Waals surface area contributed by atoms with Gasteiger partial charge in [-0.25, -0.2) is 0 Å². The number of thiophene rings is 1. The number of ether oxygens (including phenoxy) is 1. The van der Waals surface area contributed by atoms with Gasteiger partial charge in [0.2, 0.25) is 0 Å². The van der Waals surface area contributed by atoms with Crippen molar-refractivity contribution >= 4 is 39.5 Å². The average Bonchev–Trinajstić information content (AvgIpc) is 3.24. The van der Waals surface area contributed by atoms with Crippen molar-refractivity contribution < 1.29 is 14.3 Å². The number of ketones is 1. The Bertz CT molecular complexity index is 1050. The maximum Gasteiger partial charge on any atom is 0.311 e. The van der Waals surface area contributed by atoms with Crippen molar-refractivity contribution in [3.8, 4) is 0 Å². The van der Waals surface area contributed by atoms with Crippen molar-refractivity contribution in [1.29, 1.82) is 0 Å². The summed E-state index contributed by atoms with van der Waals surface area (Å²) in [5.74, 6) is -0.785. The molecule has 0 aliphatic carbocycles. The summed E-state index contributed by atoms with van der Waals surface area (Å²) in [5, 5.41) is 6.02. The fraction of sp³-hybridized carbons (Fsp3) is 0.238. The van der Waals surface area contributed by atoms with Gasteiger partial charge in [-0.2, -0.15) is 0 Å². The SMILES string of the molecule is COC(=O)C1CCN2c3cscc3C12C(=O)c1cccc2ccccc12. The second-order valence-corrected chi connectivity index (χ2v) is 7.55. The molecule has 2 aliphatic rings. The van der Waals surface area contributed by atoms with E-state index >= 15 is 0 Å². The van der Waals surface area contributed by atoms with E-state index in [0.717, 1.165) is 22.0 Å². The lowest BCUT2D eigenvalue weighted by atomic mass is 9.69. The molecule has 130 valence electrons. The van der Waals surface area contributed by atoms with Crippen LogP contribution in [0.3, 0.4) is 0 Å². The van der Waals surface area contributed by atoms with Crippen molar-refractivity contribution in [2.24, 2.45) is 5.92 Å². The molecule has 3 heterocycles. The molecule has 26 heavy (non-hydrogen) atoms. The first kappa shape index (κ1) is 15.6. The van der Waals surface area contributed by atoms with Crippen molar-refractivity contribution in [3.63, 3.8) is 0 Å². The maximum atomic E-state index is 13.9. The summed E-state index contributed by atoms with van der Waals surface area (Å²) in [4.78, 5) is 28.5. The number of hydrogen-bond acceptors (Lipinski definition) is 5. The minimum Gasteiger partial charge on any atom is -0.469 e. The molecule has 0 spiro atoms. The largest absolute Gasteiger partial charge is 0.469 e. The topological polar surface area (TPSA) is 46.6 Å². The van der Waals surface area contributed by atoms with Gasteiger partial charge in [0, 0.05) is 23.1 Å². The first-order valence-electron chi connectivity index (χ1n) is 8.64. The second kappa shape index (κ2) is 5.42. The maximum absolute atomic E-state index is 13.9. The van der Waals surface area contributed by atoms with Gasteiger partial charge in [-0.3, -0.25) is 9.59 Å². The number of anilines is 1. The van der Waals surface area contributed by atoms with Crippen molar-refractivity contribution in [3.05, 3.63) is 64.4 Å². The van der Waals surface area contributed by atoms with Gasteiger partial charge in [-0.15, -0.1) is 11.3 Å². The Kier molecular flexibility index (Phi) is 3.25. The summed E-state index contributed by atoms with van der Waals surface area (Å²) < 4.78 is 5.06. The zero-order chi connectivity index (χ0) is 17.9. The normalized spacial score (nSPS) is 23.3. The molecule has 5 rings (SSSR count). The Morgan fingerprint density at radius 1 is 1.15 bits per heavy atom. The van der Waals surface area contributed by atoms with Gasteiger partial charge in [0.05, 0.1) is 18.7 Å². The van der Waals surface area contributed by atoms with E-state index in [4.69, 9.17) is 4.74 Å². The number of fused-ring (bicyclic) bond motifs is 5. The minimum absolute atomic E-state index is 0.00639.